The van der Waals surface area contributed by atoms with Crippen LogP contribution >= 0.6 is 0 Å². The molecule has 0 bridgehead atoms. The van der Waals surface area contributed by atoms with Gasteiger partial charge in [-0.15, -0.1) is 0 Å². The van der Waals surface area contributed by atoms with Crippen molar-refractivity contribution in [1.29, 1.82) is 0 Å². The second-order valence-corrected chi connectivity index (χ2v) is 6.53. The third-order valence-electron chi connectivity index (χ3n) is 4.95. The Morgan fingerprint density at radius 1 is 1.47 bits per heavy atom. The predicted molar refractivity (Wildman–Crippen MR) is 68.6 cm³/mol. The topological polar surface area (TPSA) is 37.3 Å². The molecule has 0 spiro atoms. The molecule has 0 saturated heterocycles. The maximum atomic E-state index is 12.2. The van der Waals surface area contributed by atoms with Crippen molar-refractivity contribution in [3.63, 3.8) is 0 Å². The average Bonchev–Trinajstić information content (AvgIpc) is 2.21. The normalized spacial score (nSPS) is 42.4. The fraction of sp³-hybridized carbons (Fsp3) is 0.800. The zero-order chi connectivity index (χ0) is 12.8. The molecule has 0 aliphatic heterocycles. The second-order valence-electron chi connectivity index (χ2n) is 6.53. The second kappa shape index (κ2) is 3.94. The first-order valence-electron chi connectivity index (χ1n) is 6.78. The van der Waals surface area contributed by atoms with E-state index in [9.17, 15) is 9.90 Å². The van der Waals surface area contributed by atoms with Crippen LogP contribution in [0.2, 0.25) is 0 Å². The number of hydrogen-bond acceptors (Lipinski definition) is 2. The van der Waals surface area contributed by atoms with Crippen LogP contribution in [-0.2, 0) is 4.79 Å². The van der Waals surface area contributed by atoms with Gasteiger partial charge in [-0.2, -0.15) is 0 Å². The number of ketones is 1. The predicted octanol–water partition coefficient (Wildman–Crippen LogP) is 3.10. The number of carbonyl (C=O) groups excluding carboxylic acids is 1. The zero-order valence-corrected chi connectivity index (χ0v) is 11.4. The Labute approximate surface area is 104 Å². The molecule has 1 N–H and O–H groups in total. The maximum Gasteiger partial charge on any atom is 0.159 e. The third kappa shape index (κ3) is 1.77. The minimum absolute atomic E-state index is 0.213. The molecule has 0 unspecified atom stereocenters. The highest BCUT2D eigenvalue weighted by molar-refractivity contribution is 5.97. The molecule has 3 atom stereocenters. The van der Waals surface area contributed by atoms with Crippen molar-refractivity contribution >= 4 is 5.78 Å². The van der Waals surface area contributed by atoms with E-state index < -0.39 is 5.60 Å². The van der Waals surface area contributed by atoms with E-state index in [1.54, 1.807) is 0 Å². The smallest absolute Gasteiger partial charge is 0.159 e. The van der Waals surface area contributed by atoms with Crippen molar-refractivity contribution in [3.05, 3.63) is 11.6 Å². The molecule has 2 aliphatic carbocycles. The van der Waals surface area contributed by atoms with Crippen LogP contribution in [0.25, 0.3) is 0 Å². The van der Waals surface area contributed by atoms with Gasteiger partial charge in [0.05, 0.1) is 5.60 Å². The molecule has 17 heavy (non-hydrogen) atoms. The molecule has 0 heterocycles. The van der Waals surface area contributed by atoms with Crippen LogP contribution < -0.4 is 0 Å². The molecule has 0 radical (unpaired) electrons. The van der Waals surface area contributed by atoms with Crippen molar-refractivity contribution < 1.29 is 9.90 Å². The molecule has 2 heteroatoms. The Kier molecular flexibility index (Phi) is 2.97. The van der Waals surface area contributed by atoms with Crippen molar-refractivity contribution in [3.8, 4) is 0 Å². The van der Waals surface area contributed by atoms with E-state index in [2.05, 4.69) is 13.8 Å². The Balaban J connectivity index is 2.49. The molecular weight excluding hydrogens is 212 g/mol. The monoisotopic (exact) mass is 236 g/mol. The average molecular weight is 236 g/mol. The number of carbonyl (C=O) groups is 1. The first kappa shape index (κ1) is 12.8. The molecule has 96 valence electrons. The highest BCUT2D eigenvalue weighted by Crippen LogP contribution is 2.53. The lowest BCUT2D eigenvalue weighted by molar-refractivity contribution is -0.139. The molecule has 2 nitrogen and oxygen atoms in total. The van der Waals surface area contributed by atoms with E-state index in [1.165, 1.54) is 0 Å². The Morgan fingerprint density at radius 3 is 2.71 bits per heavy atom. The zero-order valence-electron chi connectivity index (χ0n) is 11.4. The molecule has 0 aromatic heterocycles. The first-order valence-corrected chi connectivity index (χ1v) is 6.78. The summed E-state index contributed by atoms with van der Waals surface area (Å²) in [5.41, 5.74) is -0.197. The van der Waals surface area contributed by atoms with Gasteiger partial charge in [-0.25, -0.2) is 0 Å². The van der Waals surface area contributed by atoms with E-state index in [4.69, 9.17) is 0 Å². The van der Waals surface area contributed by atoms with Crippen molar-refractivity contribution in [2.24, 2.45) is 17.3 Å². The fourth-order valence-corrected chi connectivity index (χ4v) is 3.62. The molecule has 2 rings (SSSR count). The van der Waals surface area contributed by atoms with E-state index in [0.29, 0.717) is 6.42 Å². The molecule has 0 aromatic carbocycles. The van der Waals surface area contributed by atoms with Crippen LogP contribution in [0.1, 0.15) is 53.4 Å². The largest absolute Gasteiger partial charge is 0.385 e. The lowest BCUT2D eigenvalue weighted by Crippen LogP contribution is -2.56. The Bertz CT molecular complexity index is 369. The summed E-state index contributed by atoms with van der Waals surface area (Å²) < 4.78 is 0. The van der Waals surface area contributed by atoms with Crippen molar-refractivity contribution in [2.45, 2.75) is 59.0 Å². The molecule has 0 amide bonds. The van der Waals surface area contributed by atoms with Gasteiger partial charge in [-0.3, -0.25) is 4.79 Å². The van der Waals surface area contributed by atoms with Crippen LogP contribution in [-0.4, -0.2) is 16.5 Å². The summed E-state index contributed by atoms with van der Waals surface area (Å²) in [4.78, 5) is 12.2. The van der Waals surface area contributed by atoms with Crippen LogP contribution in [0.15, 0.2) is 11.6 Å². The summed E-state index contributed by atoms with van der Waals surface area (Å²) in [6.45, 7) is 8.25. The van der Waals surface area contributed by atoms with E-state index in [-0.39, 0.29) is 23.0 Å². The van der Waals surface area contributed by atoms with E-state index in [1.807, 2.05) is 19.9 Å². The number of allylic oxidation sites excluding steroid dienone is 1. The van der Waals surface area contributed by atoms with Gasteiger partial charge in [0.25, 0.3) is 0 Å². The lowest BCUT2D eigenvalue weighted by Gasteiger charge is -2.53. The minimum Gasteiger partial charge on any atom is -0.385 e. The Morgan fingerprint density at radius 2 is 2.12 bits per heavy atom. The number of Topliss-reactive ketones (excluding diaryl/α,β-unsaturated/α-hetero) is 1. The summed E-state index contributed by atoms with van der Waals surface area (Å²) in [7, 11) is 0. The van der Waals surface area contributed by atoms with Crippen LogP contribution in [0, 0.1) is 17.3 Å². The van der Waals surface area contributed by atoms with Crippen LogP contribution in [0.5, 0.6) is 0 Å². The summed E-state index contributed by atoms with van der Waals surface area (Å²) in [5.74, 6) is 0.703. The first-order chi connectivity index (χ1) is 7.80. The maximum absolute atomic E-state index is 12.2. The summed E-state index contributed by atoms with van der Waals surface area (Å²) >= 11 is 0. The quantitative estimate of drug-likeness (QED) is 0.759. The van der Waals surface area contributed by atoms with Gasteiger partial charge in [-0.1, -0.05) is 34.1 Å². The number of rotatable bonds is 1. The number of fused-ring (bicyclic) bond motifs is 1. The highest BCUT2D eigenvalue weighted by atomic mass is 16.3. The standard InChI is InChI=1S/C15H24O2/c1-10(2)12-8-15(17)11(3)6-5-7-14(15,4)9-13(12)16/h8,10-11,17H,5-7,9H2,1-4H3/t11-,14+,15+/m0/s1. The van der Waals surface area contributed by atoms with Crippen LogP contribution in [0.4, 0.5) is 0 Å². The van der Waals surface area contributed by atoms with Gasteiger partial charge in [0.2, 0.25) is 0 Å². The lowest BCUT2D eigenvalue weighted by atomic mass is 9.54. The Hall–Kier alpha value is -0.630. The molecule has 2 aliphatic rings. The summed E-state index contributed by atoms with van der Waals surface area (Å²) in [5, 5.41) is 11.0. The van der Waals surface area contributed by atoms with Gasteiger partial charge in [0.15, 0.2) is 5.78 Å². The van der Waals surface area contributed by atoms with E-state index >= 15 is 0 Å². The molecule has 0 aromatic rings. The molecule has 1 saturated carbocycles. The number of hydrogen-bond donors (Lipinski definition) is 1. The van der Waals surface area contributed by atoms with E-state index in [0.717, 1.165) is 24.8 Å². The van der Waals surface area contributed by atoms with Crippen LogP contribution in [0.3, 0.4) is 0 Å². The summed E-state index contributed by atoms with van der Waals surface area (Å²) in [6, 6.07) is 0. The van der Waals surface area contributed by atoms with Crippen molar-refractivity contribution in [1.82, 2.24) is 0 Å². The van der Waals surface area contributed by atoms with Gasteiger partial charge >= 0.3 is 0 Å². The van der Waals surface area contributed by atoms with Crippen molar-refractivity contribution in [2.75, 3.05) is 0 Å². The highest BCUT2D eigenvalue weighted by Gasteiger charge is 2.54. The van der Waals surface area contributed by atoms with Gasteiger partial charge < -0.3 is 5.11 Å². The molecular formula is C15H24O2. The number of aliphatic hydroxyl groups is 1. The fourth-order valence-electron chi connectivity index (χ4n) is 3.62. The van der Waals surface area contributed by atoms with Gasteiger partial charge in [0.1, 0.15) is 0 Å². The van der Waals surface area contributed by atoms with Gasteiger partial charge in [0, 0.05) is 11.8 Å². The summed E-state index contributed by atoms with van der Waals surface area (Å²) in [6.07, 6.45) is 5.55. The minimum atomic E-state index is -0.779. The molecule has 1 fully saturated rings. The third-order valence-corrected chi connectivity index (χ3v) is 4.95. The van der Waals surface area contributed by atoms with Gasteiger partial charge in [-0.05, 0) is 36.3 Å². The SMILES string of the molecule is CC(C)C1=C[C@@]2(O)[C@@H](C)CCC[C@]2(C)CC1=O.